The quantitative estimate of drug-likeness (QED) is 0.838. The van der Waals surface area contributed by atoms with Crippen molar-refractivity contribution in [1.29, 1.82) is 0 Å². The van der Waals surface area contributed by atoms with Crippen LogP contribution >= 0.6 is 0 Å². The van der Waals surface area contributed by atoms with Gasteiger partial charge in [-0.3, -0.25) is 4.79 Å². The topological polar surface area (TPSA) is 66.4 Å². The smallest absolute Gasteiger partial charge is 0.335 e. The molecule has 0 aliphatic heterocycles. The van der Waals surface area contributed by atoms with Gasteiger partial charge in [0.1, 0.15) is 0 Å². The lowest BCUT2D eigenvalue weighted by Crippen LogP contribution is -2.31. The van der Waals surface area contributed by atoms with Gasteiger partial charge in [0, 0.05) is 12.1 Å². The third-order valence-electron chi connectivity index (χ3n) is 3.79. The van der Waals surface area contributed by atoms with Gasteiger partial charge < -0.3 is 10.4 Å². The van der Waals surface area contributed by atoms with Crippen molar-refractivity contribution in [3.63, 3.8) is 0 Å². The number of nitrogens with one attached hydrogen (secondary N) is 1. The summed E-state index contributed by atoms with van der Waals surface area (Å²) in [6, 6.07) is 6.14. The van der Waals surface area contributed by atoms with Crippen LogP contribution < -0.4 is 5.32 Å². The molecule has 1 aliphatic carbocycles. The van der Waals surface area contributed by atoms with E-state index in [9.17, 15) is 9.59 Å². The fourth-order valence-electron chi connectivity index (χ4n) is 2.66. The molecule has 108 valence electrons. The third-order valence-corrected chi connectivity index (χ3v) is 3.79. The Morgan fingerprint density at radius 1 is 1.30 bits per heavy atom. The molecule has 0 radical (unpaired) electrons. The van der Waals surface area contributed by atoms with Crippen molar-refractivity contribution in [1.82, 2.24) is 5.32 Å². The van der Waals surface area contributed by atoms with Crippen LogP contribution in [0.4, 0.5) is 0 Å². The molecule has 0 atom stereocenters. The van der Waals surface area contributed by atoms with Gasteiger partial charge in [-0.15, -0.1) is 0 Å². The van der Waals surface area contributed by atoms with E-state index in [1.54, 1.807) is 12.1 Å². The van der Waals surface area contributed by atoms with Gasteiger partial charge in [-0.25, -0.2) is 4.79 Å². The van der Waals surface area contributed by atoms with Crippen molar-refractivity contribution in [2.75, 3.05) is 6.54 Å². The molecule has 20 heavy (non-hydrogen) atoms. The first-order valence-electron chi connectivity index (χ1n) is 7.03. The summed E-state index contributed by atoms with van der Waals surface area (Å²) in [4.78, 5) is 23.0. The van der Waals surface area contributed by atoms with E-state index in [-0.39, 0.29) is 16.9 Å². The zero-order chi connectivity index (χ0) is 14.8. The largest absolute Gasteiger partial charge is 0.478 e. The number of benzene rings is 1. The van der Waals surface area contributed by atoms with E-state index < -0.39 is 5.97 Å². The molecule has 1 aromatic rings. The monoisotopic (exact) mass is 275 g/mol. The van der Waals surface area contributed by atoms with E-state index in [1.165, 1.54) is 25.0 Å². The van der Waals surface area contributed by atoms with Gasteiger partial charge in [0.2, 0.25) is 0 Å². The standard InChI is InChI=1S/C16H21NO3/c1-11(2)9-16(6-7-16)10-17-14(18)12-4-3-5-13(8-12)15(19)20/h3-5,8,11H,6-7,9-10H2,1-2H3,(H,17,18)(H,19,20). The van der Waals surface area contributed by atoms with Gasteiger partial charge in [-0.2, -0.15) is 0 Å². The first kappa shape index (κ1) is 14.6. The summed E-state index contributed by atoms with van der Waals surface area (Å²) in [5.74, 6) is -0.578. The van der Waals surface area contributed by atoms with Gasteiger partial charge in [0.25, 0.3) is 5.91 Å². The van der Waals surface area contributed by atoms with Crippen LogP contribution in [0.3, 0.4) is 0 Å². The molecule has 4 nitrogen and oxygen atoms in total. The van der Waals surface area contributed by atoms with Crippen molar-refractivity contribution >= 4 is 11.9 Å². The van der Waals surface area contributed by atoms with Crippen LogP contribution in [0.25, 0.3) is 0 Å². The summed E-state index contributed by atoms with van der Waals surface area (Å²) >= 11 is 0. The number of carboxylic acid groups (broad SMARTS) is 1. The molecule has 1 fully saturated rings. The van der Waals surface area contributed by atoms with Crippen LogP contribution in [0.1, 0.15) is 53.8 Å². The van der Waals surface area contributed by atoms with Gasteiger partial charge in [0.15, 0.2) is 0 Å². The Bertz CT molecular complexity index is 518. The number of carboxylic acids is 1. The Morgan fingerprint density at radius 2 is 1.95 bits per heavy atom. The zero-order valence-electron chi connectivity index (χ0n) is 12.0. The molecule has 1 aliphatic rings. The van der Waals surface area contributed by atoms with Gasteiger partial charge in [0.05, 0.1) is 5.56 Å². The van der Waals surface area contributed by atoms with E-state index in [1.807, 2.05) is 0 Å². The molecule has 1 aromatic carbocycles. The van der Waals surface area contributed by atoms with Gasteiger partial charge in [-0.05, 0) is 48.8 Å². The Hall–Kier alpha value is -1.84. The Labute approximate surface area is 119 Å². The number of hydrogen-bond acceptors (Lipinski definition) is 2. The average molecular weight is 275 g/mol. The summed E-state index contributed by atoms with van der Waals surface area (Å²) in [5, 5.41) is 11.9. The van der Waals surface area contributed by atoms with Gasteiger partial charge >= 0.3 is 5.97 Å². The molecule has 0 saturated heterocycles. The van der Waals surface area contributed by atoms with Crippen LogP contribution in [0, 0.1) is 11.3 Å². The lowest BCUT2D eigenvalue weighted by molar-refractivity contribution is 0.0697. The lowest BCUT2D eigenvalue weighted by Gasteiger charge is -2.18. The summed E-state index contributed by atoms with van der Waals surface area (Å²) < 4.78 is 0. The second kappa shape index (κ2) is 5.65. The van der Waals surface area contributed by atoms with E-state index >= 15 is 0 Å². The normalized spacial score (nSPS) is 15.9. The molecule has 4 heteroatoms. The maximum atomic E-state index is 12.1. The molecule has 2 rings (SSSR count). The fourth-order valence-corrected chi connectivity index (χ4v) is 2.66. The maximum absolute atomic E-state index is 12.1. The van der Waals surface area contributed by atoms with E-state index in [0.717, 1.165) is 6.42 Å². The van der Waals surface area contributed by atoms with Crippen LogP contribution in [0.2, 0.25) is 0 Å². The van der Waals surface area contributed by atoms with Crippen molar-refractivity contribution in [3.8, 4) is 0 Å². The summed E-state index contributed by atoms with van der Waals surface area (Å²) in [6.07, 6.45) is 3.46. The van der Waals surface area contributed by atoms with Crippen molar-refractivity contribution in [2.24, 2.45) is 11.3 Å². The predicted octanol–water partition coefficient (Wildman–Crippen LogP) is 2.94. The van der Waals surface area contributed by atoms with Crippen molar-refractivity contribution < 1.29 is 14.7 Å². The molecule has 0 spiro atoms. The number of rotatable bonds is 6. The highest BCUT2D eigenvalue weighted by Gasteiger charge is 2.42. The fraction of sp³-hybridized carbons (Fsp3) is 0.500. The highest BCUT2D eigenvalue weighted by molar-refractivity contribution is 5.97. The van der Waals surface area contributed by atoms with E-state index in [2.05, 4.69) is 19.2 Å². The Morgan fingerprint density at radius 3 is 2.50 bits per heavy atom. The molecule has 0 heterocycles. The molecule has 0 unspecified atom stereocenters. The molecule has 0 bridgehead atoms. The third kappa shape index (κ3) is 3.59. The maximum Gasteiger partial charge on any atom is 0.335 e. The summed E-state index contributed by atoms with van der Waals surface area (Å²) in [6.45, 7) is 5.07. The van der Waals surface area contributed by atoms with Crippen molar-refractivity contribution in [2.45, 2.75) is 33.1 Å². The Kier molecular flexibility index (Phi) is 4.12. The number of hydrogen-bond donors (Lipinski definition) is 2. The number of carbonyl (C=O) groups is 2. The number of amides is 1. The first-order valence-corrected chi connectivity index (χ1v) is 7.03. The van der Waals surface area contributed by atoms with Gasteiger partial charge in [-0.1, -0.05) is 19.9 Å². The highest BCUT2D eigenvalue weighted by Crippen LogP contribution is 2.50. The summed E-state index contributed by atoms with van der Waals surface area (Å²) in [5.41, 5.74) is 0.819. The lowest BCUT2D eigenvalue weighted by atomic mass is 9.94. The Balaban J connectivity index is 1.95. The molecule has 1 amide bonds. The second-order valence-corrected chi connectivity index (χ2v) is 6.17. The van der Waals surface area contributed by atoms with Crippen LogP contribution in [-0.4, -0.2) is 23.5 Å². The molecule has 0 aromatic heterocycles. The minimum Gasteiger partial charge on any atom is -0.478 e. The second-order valence-electron chi connectivity index (χ2n) is 6.17. The van der Waals surface area contributed by atoms with Crippen LogP contribution in [0.15, 0.2) is 24.3 Å². The van der Waals surface area contributed by atoms with Crippen LogP contribution in [-0.2, 0) is 0 Å². The molecule has 2 N–H and O–H groups in total. The van der Waals surface area contributed by atoms with E-state index in [0.29, 0.717) is 18.0 Å². The molecule has 1 saturated carbocycles. The first-order chi connectivity index (χ1) is 9.42. The summed E-state index contributed by atoms with van der Waals surface area (Å²) in [7, 11) is 0. The highest BCUT2D eigenvalue weighted by atomic mass is 16.4. The predicted molar refractivity (Wildman–Crippen MR) is 76.9 cm³/mol. The number of carbonyl (C=O) groups excluding carboxylic acids is 1. The van der Waals surface area contributed by atoms with E-state index in [4.69, 9.17) is 5.11 Å². The SMILES string of the molecule is CC(C)CC1(CNC(=O)c2cccc(C(=O)O)c2)CC1. The van der Waals surface area contributed by atoms with Crippen LogP contribution in [0.5, 0.6) is 0 Å². The minimum absolute atomic E-state index is 0.140. The zero-order valence-corrected chi connectivity index (χ0v) is 12.0. The average Bonchev–Trinajstić information content (AvgIpc) is 3.15. The molecular weight excluding hydrogens is 254 g/mol. The number of aromatic carboxylic acids is 1. The minimum atomic E-state index is -1.02. The van der Waals surface area contributed by atoms with Crippen molar-refractivity contribution in [3.05, 3.63) is 35.4 Å². The molecular formula is C16H21NO3.